The van der Waals surface area contributed by atoms with Crippen molar-refractivity contribution in [1.82, 2.24) is 20.6 Å². The molecule has 1 aromatic carbocycles. The summed E-state index contributed by atoms with van der Waals surface area (Å²) in [6.07, 6.45) is 2.33. The van der Waals surface area contributed by atoms with Crippen molar-refractivity contribution in [3.8, 4) is 0 Å². The molecule has 0 saturated carbocycles. The van der Waals surface area contributed by atoms with Gasteiger partial charge in [-0.1, -0.05) is 6.07 Å². The molecule has 1 aliphatic rings. The molecule has 1 fully saturated rings. The van der Waals surface area contributed by atoms with E-state index in [1.165, 1.54) is 6.42 Å². The Morgan fingerprint density at radius 3 is 3.20 bits per heavy atom. The number of nitrogens with one attached hydrogen (secondary N) is 3. The molecule has 20 heavy (non-hydrogen) atoms. The lowest BCUT2D eigenvalue weighted by Crippen LogP contribution is -2.38. The molecule has 1 aromatic heterocycles. The zero-order chi connectivity index (χ0) is 13.9. The van der Waals surface area contributed by atoms with Gasteiger partial charge in [-0.05, 0) is 44.0 Å². The fourth-order valence-electron chi connectivity index (χ4n) is 2.66. The van der Waals surface area contributed by atoms with Crippen LogP contribution in [0.3, 0.4) is 0 Å². The topological polar surface area (TPSA) is 95.8 Å². The number of fused-ring (bicyclic) bond motifs is 1. The van der Waals surface area contributed by atoms with Crippen LogP contribution >= 0.6 is 0 Å². The molecular formula is C14H19N5O. The second kappa shape index (κ2) is 5.50. The monoisotopic (exact) mass is 273 g/mol. The number of amides is 1. The van der Waals surface area contributed by atoms with Crippen molar-refractivity contribution in [2.45, 2.75) is 12.8 Å². The summed E-state index contributed by atoms with van der Waals surface area (Å²) >= 11 is 0. The number of nitrogen functional groups attached to an aromatic ring is 1. The standard InChI is InChI=1S/C14H19N5O/c15-14-18-11-5-1-4-10(12(11)19-14)13(20)17-8-9-3-2-6-16-7-9/h1,4-5,9,16H,2-3,6-8H2,(H,17,20)(H3,15,18,19). The van der Waals surface area contributed by atoms with E-state index in [-0.39, 0.29) is 5.91 Å². The van der Waals surface area contributed by atoms with E-state index in [2.05, 4.69) is 20.6 Å². The van der Waals surface area contributed by atoms with Gasteiger partial charge in [-0.3, -0.25) is 4.79 Å². The van der Waals surface area contributed by atoms with E-state index in [9.17, 15) is 4.79 Å². The molecule has 0 spiro atoms. The number of nitrogens with two attached hydrogens (primary N) is 1. The number of hydrogen-bond acceptors (Lipinski definition) is 4. The number of benzene rings is 1. The lowest BCUT2D eigenvalue weighted by molar-refractivity contribution is 0.0946. The van der Waals surface area contributed by atoms with Crippen molar-refractivity contribution in [1.29, 1.82) is 0 Å². The number of anilines is 1. The third-order valence-corrected chi connectivity index (χ3v) is 3.73. The molecular weight excluding hydrogens is 254 g/mol. The van der Waals surface area contributed by atoms with Gasteiger partial charge in [-0.25, -0.2) is 4.98 Å². The van der Waals surface area contributed by atoms with Crippen LogP contribution in [0.4, 0.5) is 5.95 Å². The molecule has 1 aliphatic heterocycles. The quantitative estimate of drug-likeness (QED) is 0.667. The normalized spacial score (nSPS) is 19.1. The lowest BCUT2D eigenvalue weighted by Gasteiger charge is -2.22. The van der Waals surface area contributed by atoms with E-state index < -0.39 is 0 Å². The first-order chi connectivity index (χ1) is 9.74. The van der Waals surface area contributed by atoms with Gasteiger partial charge in [-0.15, -0.1) is 0 Å². The summed E-state index contributed by atoms with van der Waals surface area (Å²) in [7, 11) is 0. The Morgan fingerprint density at radius 2 is 2.40 bits per heavy atom. The van der Waals surface area contributed by atoms with Gasteiger partial charge < -0.3 is 21.4 Å². The summed E-state index contributed by atoms with van der Waals surface area (Å²) in [6, 6.07) is 5.47. The zero-order valence-electron chi connectivity index (χ0n) is 11.3. The molecule has 1 amide bonds. The van der Waals surface area contributed by atoms with Gasteiger partial charge in [0, 0.05) is 6.54 Å². The minimum Gasteiger partial charge on any atom is -0.369 e. The number of aromatic amines is 1. The van der Waals surface area contributed by atoms with Crippen molar-refractivity contribution in [2.24, 2.45) is 5.92 Å². The molecule has 0 aliphatic carbocycles. The van der Waals surface area contributed by atoms with Crippen LogP contribution in [0, 0.1) is 5.92 Å². The molecule has 1 unspecified atom stereocenters. The highest BCUT2D eigenvalue weighted by atomic mass is 16.1. The molecule has 0 radical (unpaired) electrons. The zero-order valence-corrected chi connectivity index (χ0v) is 11.3. The van der Waals surface area contributed by atoms with Crippen molar-refractivity contribution < 1.29 is 4.79 Å². The second-order valence-electron chi connectivity index (χ2n) is 5.25. The number of para-hydroxylation sites is 1. The Labute approximate surface area is 117 Å². The fourth-order valence-corrected chi connectivity index (χ4v) is 2.66. The molecule has 6 heteroatoms. The predicted octanol–water partition coefficient (Wildman–Crippen LogP) is 0.874. The van der Waals surface area contributed by atoms with Crippen LogP contribution < -0.4 is 16.4 Å². The van der Waals surface area contributed by atoms with Gasteiger partial charge in [0.2, 0.25) is 0 Å². The van der Waals surface area contributed by atoms with Gasteiger partial charge in [0.15, 0.2) is 5.95 Å². The first-order valence-corrected chi connectivity index (χ1v) is 6.97. The third-order valence-electron chi connectivity index (χ3n) is 3.73. The molecule has 2 aromatic rings. The van der Waals surface area contributed by atoms with E-state index in [1.54, 1.807) is 6.07 Å². The first kappa shape index (κ1) is 12.9. The maximum absolute atomic E-state index is 12.3. The van der Waals surface area contributed by atoms with Crippen LogP contribution in [0.2, 0.25) is 0 Å². The van der Waals surface area contributed by atoms with Gasteiger partial charge >= 0.3 is 0 Å². The summed E-state index contributed by atoms with van der Waals surface area (Å²) in [5.41, 5.74) is 7.63. The number of aromatic nitrogens is 2. The van der Waals surface area contributed by atoms with Crippen molar-refractivity contribution in [3.05, 3.63) is 23.8 Å². The van der Waals surface area contributed by atoms with Crippen LogP contribution in [-0.2, 0) is 0 Å². The third kappa shape index (κ3) is 2.60. The highest BCUT2D eigenvalue weighted by Gasteiger charge is 2.16. The van der Waals surface area contributed by atoms with Crippen LogP contribution in [0.5, 0.6) is 0 Å². The van der Waals surface area contributed by atoms with Crippen LogP contribution in [0.25, 0.3) is 11.0 Å². The van der Waals surface area contributed by atoms with Crippen molar-refractivity contribution in [3.63, 3.8) is 0 Å². The number of hydrogen-bond donors (Lipinski definition) is 4. The first-order valence-electron chi connectivity index (χ1n) is 6.97. The van der Waals surface area contributed by atoms with Crippen LogP contribution in [0.1, 0.15) is 23.2 Å². The Bertz CT molecular complexity index is 615. The minimum absolute atomic E-state index is 0.0901. The van der Waals surface area contributed by atoms with E-state index >= 15 is 0 Å². The number of carbonyl (C=O) groups is 1. The SMILES string of the molecule is Nc1nc2c(C(=O)NCC3CCCNC3)cccc2[nH]1. The van der Waals surface area contributed by atoms with Gasteiger partial charge in [-0.2, -0.15) is 0 Å². The van der Waals surface area contributed by atoms with E-state index in [0.29, 0.717) is 29.5 Å². The summed E-state index contributed by atoms with van der Waals surface area (Å²) < 4.78 is 0. The minimum atomic E-state index is -0.0901. The number of piperidine rings is 1. The number of H-pyrrole nitrogens is 1. The average molecular weight is 273 g/mol. The largest absolute Gasteiger partial charge is 0.369 e. The van der Waals surface area contributed by atoms with E-state index in [4.69, 9.17) is 5.73 Å². The smallest absolute Gasteiger partial charge is 0.253 e. The van der Waals surface area contributed by atoms with Crippen molar-refractivity contribution in [2.75, 3.05) is 25.4 Å². The Morgan fingerprint density at radius 1 is 1.50 bits per heavy atom. The molecule has 106 valence electrons. The van der Waals surface area contributed by atoms with Gasteiger partial charge in [0.25, 0.3) is 5.91 Å². The Kier molecular flexibility index (Phi) is 3.56. The van der Waals surface area contributed by atoms with Crippen LogP contribution in [0.15, 0.2) is 18.2 Å². The highest BCUT2D eigenvalue weighted by molar-refractivity contribution is 6.05. The van der Waals surface area contributed by atoms with Gasteiger partial charge in [0.05, 0.1) is 11.1 Å². The molecule has 5 N–H and O–H groups in total. The number of carbonyl (C=O) groups excluding carboxylic acids is 1. The Balaban J connectivity index is 1.71. The summed E-state index contributed by atoms with van der Waals surface area (Å²) in [5.74, 6) is 0.751. The molecule has 0 bridgehead atoms. The summed E-state index contributed by atoms with van der Waals surface area (Å²) in [6.45, 7) is 2.75. The summed E-state index contributed by atoms with van der Waals surface area (Å²) in [5, 5.41) is 6.34. The highest BCUT2D eigenvalue weighted by Crippen LogP contribution is 2.17. The maximum Gasteiger partial charge on any atom is 0.253 e. The van der Waals surface area contributed by atoms with Crippen LogP contribution in [-0.4, -0.2) is 35.5 Å². The predicted molar refractivity (Wildman–Crippen MR) is 78.4 cm³/mol. The maximum atomic E-state index is 12.3. The van der Waals surface area contributed by atoms with Gasteiger partial charge in [0.1, 0.15) is 5.52 Å². The average Bonchev–Trinajstić information content (AvgIpc) is 2.85. The number of rotatable bonds is 3. The van der Waals surface area contributed by atoms with Crippen molar-refractivity contribution >= 4 is 22.9 Å². The molecule has 3 rings (SSSR count). The molecule has 1 saturated heterocycles. The van der Waals surface area contributed by atoms with E-state index in [1.807, 2.05) is 12.1 Å². The second-order valence-corrected chi connectivity index (χ2v) is 5.25. The number of imidazole rings is 1. The fraction of sp³-hybridized carbons (Fsp3) is 0.429. The lowest BCUT2D eigenvalue weighted by atomic mass is 9.99. The molecule has 6 nitrogen and oxygen atoms in total. The number of nitrogens with zero attached hydrogens (tertiary/aromatic N) is 1. The van der Waals surface area contributed by atoms with E-state index in [0.717, 1.165) is 25.0 Å². The molecule has 1 atom stereocenters. The Hall–Kier alpha value is -2.08. The summed E-state index contributed by atoms with van der Waals surface area (Å²) in [4.78, 5) is 19.4. The molecule has 2 heterocycles.